The molecule has 2 aromatic heterocycles. The number of hydrogen-bond donors (Lipinski definition) is 1. The van der Waals surface area contributed by atoms with E-state index < -0.39 is 0 Å². The Morgan fingerprint density at radius 1 is 1.38 bits per heavy atom. The SMILES string of the molecule is CCCCNc1nnc(-c2cc3c(n(C)c2=O)CCC3)s1. The van der Waals surface area contributed by atoms with Gasteiger partial charge in [-0.2, -0.15) is 0 Å². The second-order valence-electron chi connectivity index (χ2n) is 5.44. The Hall–Kier alpha value is -1.69. The van der Waals surface area contributed by atoms with Gasteiger partial charge in [0.2, 0.25) is 5.13 Å². The number of rotatable bonds is 5. The smallest absolute Gasteiger partial charge is 0.260 e. The topological polar surface area (TPSA) is 59.8 Å². The maximum absolute atomic E-state index is 12.5. The molecule has 0 unspecified atom stereocenters. The molecule has 2 aromatic rings. The van der Waals surface area contributed by atoms with Gasteiger partial charge in [-0.25, -0.2) is 0 Å². The van der Waals surface area contributed by atoms with E-state index in [1.807, 2.05) is 13.1 Å². The van der Waals surface area contributed by atoms with Crippen molar-refractivity contribution < 1.29 is 0 Å². The molecule has 21 heavy (non-hydrogen) atoms. The highest BCUT2D eigenvalue weighted by Gasteiger charge is 2.19. The van der Waals surface area contributed by atoms with E-state index in [0.717, 1.165) is 43.8 Å². The molecule has 6 heteroatoms. The molecule has 2 heterocycles. The van der Waals surface area contributed by atoms with Crippen LogP contribution in [-0.2, 0) is 19.9 Å². The summed E-state index contributed by atoms with van der Waals surface area (Å²) in [6.07, 6.45) is 5.43. The molecule has 0 aromatic carbocycles. The number of unbranched alkanes of at least 4 members (excludes halogenated alkanes) is 1. The Morgan fingerprint density at radius 3 is 3.05 bits per heavy atom. The molecule has 0 spiro atoms. The van der Waals surface area contributed by atoms with Crippen LogP contribution in [0.5, 0.6) is 0 Å². The van der Waals surface area contributed by atoms with Gasteiger partial charge in [0.25, 0.3) is 5.56 Å². The molecule has 1 aliphatic carbocycles. The summed E-state index contributed by atoms with van der Waals surface area (Å²) in [5, 5.41) is 13.1. The summed E-state index contributed by atoms with van der Waals surface area (Å²) in [5.41, 5.74) is 3.17. The number of aryl methyl sites for hydroxylation is 1. The van der Waals surface area contributed by atoms with Crippen molar-refractivity contribution in [3.05, 3.63) is 27.7 Å². The van der Waals surface area contributed by atoms with Crippen molar-refractivity contribution >= 4 is 16.5 Å². The van der Waals surface area contributed by atoms with E-state index in [9.17, 15) is 4.79 Å². The van der Waals surface area contributed by atoms with E-state index in [-0.39, 0.29) is 5.56 Å². The first-order valence-corrected chi connectivity index (χ1v) is 8.32. The van der Waals surface area contributed by atoms with E-state index >= 15 is 0 Å². The maximum atomic E-state index is 12.5. The lowest BCUT2D eigenvalue weighted by Crippen LogP contribution is -2.22. The van der Waals surface area contributed by atoms with Crippen LogP contribution in [0.15, 0.2) is 10.9 Å². The second-order valence-corrected chi connectivity index (χ2v) is 6.42. The van der Waals surface area contributed by atoms with Crippen molar-refractivity contribution in [3.63, 3.8) is 0 Å². The average Bonchev–Trinajstić information content (AvgIpc) is 3.12. The summed E-state index contributed by atoms with van der Waals surface area (Å²) in [5.74, 6) is 0. The minimum absolute atomic E-state index is 0.0342. The summed E-state index contributed by atoms with van der Waals surface area (Å²) >= 11 is 1.46. The van der Waals surface area contributed by atoms with Crippen LogP contribution in [0.3, 0.4) is 0 Å². The molecule has 0 saturated carbocycles. The summed E-state index contributed by atoms with van der Waals surface area (Å²) < 4.78 is 1.78. The van der Waals surface area contributed by atoms with Crippen LogP contribution in [0.1, 0.15) is 37.4 Å². The molecular weight excluding hydrogens is 284 g/mol. The van der Waals surface area contributed by atoms with Crippen LogP contribution in [0.25, 0.3) is 10.6 Å². The van der Waals surface area contributed by atoms with Crippen molar-refractivity contribution in [3.8, 4) is 10.6 Å². The summed E-state index contributed by atoms with van der Waals surface area (Å²) in [7, 11) is 1.86. The number of aromatic nitrogens is 3. The predicted octanol–water partition coefficient (Wildman–Crippen LogP) is 2.60. The molecule has 0 fully saturated rings. The zero-order valence-corrected chi connectivity index (χ0v) is 13.3. The zero-order valence-electron chi connectivity index (χ0n) is 12.5. The monoisotopic (exact) mass is 304 g/mol. The van der Waals surface area contributed by atoms with Gasteiger partial charge in [0.05, 0.1) is 5.56 Å². The highest BCUT2D eigenvalue weighted by Crippen LogP contribution is 2.28. The van der Waals surface area contributed by atoms with Crippen LogP contribution < -0.4 is 10.9 Å². The Balaban J connectivity index is 1.91. The highest BCUT2D eigenvalue weighted by atomic mass is 32.1. The van der Waals surface area contributed by atoms with Gasteiger partial charge < -0.3 is 9.88 Å². The summed E-state index contributed by atoms with van der Waals surface area (Å²) in [6, 6.07) is 2.01. The third kappa shape index (κ3) is 2.72. The molecule has 112 valence electrons. The lowest BCUT2D eigenvalue weighted by molar-refractivity contribution is 0.780. The van der Waals surface area contributed by atoms with Crippen LogP contribution in [0.4, 0.5) is 5.13 Å². The number of pyridine rings is 1. The molecule has 0 aliphatic heterocycles. The predicted molar refractivity (Wildman–Crippen MR) is 86.0 cm³/mol. The fourth-order valence-corrected chi connectivity index (χ4v) is 3.53. The van der Waals surface area contributed by atoms with E-state index in [4.69, 9.17) is 0 Å². The third-order valence-electron chi connectivity index (χ3n) is 3.95. The Kier molecular flexibility index (Phi) is 4.05. The zero-order chi connectivity index (χ0) is 14.8. The normalized spacial score (nSPS) is 13.4. The molecule has 5 nitrogen and oxygen atoms in total. The average molecular weight is 304 g/mol. The lowest BCUT2D eigenvalue weighted by Gasteiger charge is -2.08. The van der Waals surface area contributed by atoms with E-state index in [1.165, 1.54) is 22.6 Å². The van der Waals surface area contributed by atoms with Crippen LogP contribution in [-0.4, -0.2) is 21.3 Å². The Bertz CT molecular complexity index is 704. The largest absolute Gasteiger partial charge is 0.360 e. The van der Waals surface area contributed by atoms with Gasteiger partial charge in [-0.3, -0.25) is 4.79 Å². The number of nitrogens with zero attached hydrogens (tertiary/aromatic N) is 3. The van der Waals surface area contributed by atoms with Crippen molar-refractivity contribution in [2.45, 2.75) is 39.0 Å². The second kappa shape index (κ2) is 5.97. The number of nitrogens with one attached hydrogen (secondary N) is 1. The fourth-order valence-electron chi connectivity index (χ4n) is 2.76. The van der Waals surface area contributed by atoms with Gasteiger partial charge in [-0.05, 0) is 37.3 Å². The molecule has 0 bridgehead atoms. The molecule has 0 saturated heterocycles. The lowest BCUT2D eigenvalue weighted by atomic mass is 10.1. The first kappa shape index (κ1) is 14.3. The number of anilines is 1. The fraction of sp³-hybridized carbons (Fsp3) is 0.533. The summed E-state index contributed by atoms with van der Waals surface area (Å²) in [6.45, 7) is 3.05. The van der Waals surface area contributed by atoms with Gasteiger partial charge in [0.1, 0.15) is 0 Å². The third-order valence-corrected chi connectivity index (χ3v) is 4.87. The van der Waals surface area contributed by atoms with Gasteiger partial charge in [0, 0.05) is 19.3 Å². The van der Waals surface area contributed by atoms with E-state index in [0.29, 0.717) is 10.6 Å². The first-order valence-electron chi connectivity index (χ1n) is 7.50. The van der Waals surface area contributed by atoms with Gasteiger partial charge >= 0.3 is 0 Å². The standard InChI is InChI=1S/C15H20N4OS/c1-3-4-8-16-15-18-17-13(21-15)11-9-10-6-5-7-12(10)19(2)14(11)20/h9H,3-8H2,1-2H3,(H,16,18). The van der Waals surface area contributed by atoms with Crippen molar-refractivity contribution in [1.29, 1.82) is 0 Å². The van der Waals surface area contributed by atoms with Gasteiger partial charge in [-0.15, -0.1) is 10.2 Å². The Morgan fingerprint density at radius 2 is 2.24 bits per heavy atom. The van der Waals surface area contributed by atoms with E-state index in [2.05, 4.69) is 22.4 Å². The van der Waals surface area contributed by atoms with Crippen LogP contribution in [0.2, 0.25) is 0 Å². The molecule has 1 N–H and O–H groups in total. The Labute approximate surface area is 128 Å². The quantitative estimate of drug-likeness (QED) is 0.863. The highest BCUT2D eigenvalue weighted by molar-refractivity contribution is 7.18. The number of hydrogen-bond acceptors (Lipinski definition) is 5. The molecule has 0 radical (unpaired) electrons. The van der Waals surface area contributed by atoms with Crippen LogP contribution >= 0.6 is 11.3 Å². The van der Waals surface area contributed by atoms with Crippen LogP contribution in [0, 0.1) is 0 Å². The van der Waals surface area contributed by atoms with Crippen molar-refractivity contribution in [1.82, 2.24) is 14.8 Å². The minimum atomic E-state index is 0.0342. The van der Waals surface area contributed by atoms with Gasteiger partial charge in [0.15, 0.2) is 5.01 Å². The molecule has 1 aliphatic rings. The molecule has 0 amide bonds. The number of fused-ring (bicyclic) bond motifs is 1. The summed E-state index contributed by atoms with van der Waals surface area (Å²) in [4.78, 5) is 12.5. The van der Waals surface area contributed by atoms with Crippen molar-refractivity contribution in [2.75, 3.05) is 11.9 Å². The van der Waals surface area contributed by atoms with E-state index in [1.54, 1.807) is 4.57 Å². The molecule has 0 atom stereocenters. The van der Waals surface area contributed by atoms with Gasteiger partial charge in [-0.1, -0.05) is 24.7 Å². The van der Waals surface area contributed by atoms with Crippen molar-refractivity contribution in [2.24, 2.45) is 7.05 Å². The molecule has 3 rings (SSSR count). The molecular formula is C15H20N4OS. The minimum Gasteiger partial charge on any atom is -0.360 e. The first-order chi connectivity index (χ1) is 10.2. The maximum Gasteiger partial charge on any atom is 0.260 e.